The second kappa shape index (κ2) is 11.2. The largest absolute Gasteiger partial charge is 0.480 e. The lowest BCUT2D eigenvalue weighted by Gasteiger charge is -2.43. The van der Waals surface area contributed by atoms with E-state index in [2.05, 4.69) is 31.9 Å². The Labute approximate surface area is 249 Å². The third kappa shape index (κ3) is 5.28. The van der Waals surface area contributed by atoms with Crippen molar-refractivity contribution in [2.45, 2.75) is 44.4 Å². The third-order valence-corrected chi connectivity index (χ3v) is 8.47. The van der Waals surface area contributed by atoms with E-state index < -0.39 is 33.1 Å². The van der Waals surface area contributed by atoms with E-state index >= 15 is 0 Å². The van der Waals surface area contributed by atoms with Crippen LogP contribution in [0.5, 0.6) is 11.5 Å². The molecule has 0 radical (unpaired) electrons. The fraction of sp³-hybridized carbons (Fsp3) is 0.296. The quantitative estimate of drug-likeness (QED) is 0.256. The third-order valence-electron chi connectivity index (χ3n) is 7.30. The van der Waals surface area contributed by atoms with E-state index in [-0.39, 0.29) is 42.5 Å². The van der Waals surface area contributed by atoms with Crippen molar-refractivity contribution in [1.82, 2.24) is 4.90 Å². The molecule has 41 heavy (non-hydrogen) atoms. The van der Waals surface area contributed by atoms with E-state index in [1.54, 1.807) is 17.0 Å². The Balaban J connectivity index is 1.62. The van der Waals surface area contributed by atoms with Crippen LogP contribution in [0.3, 0.4) is 0 Å². The van der Waals surface area contributed by atoms with Gasteiger partial charge in [0.15, 0.2) is 17.3 Å². The molecule has 0 saturated carbocycles. The second-order valence-electron chi connectivity index (χ2n) is 9.77. The molecule has 0 atom stereocenters. The molecule has 2 aromatic rings. The van der Waals surface area contributed by atoms with E-state index in [4.69, 9.17) is 4.74 Å². The van der Waals surface area contributed by atoms with Gasteiger partial charge in [-0.25, -0.2) is 0 Å². The van der Waals surface area contributed by atoms with Crippen LogP contribution in [0.1, 0.15) is 50.0 Å². The summed E-state index contributed by atoms with van der Waals surface area (Å²) in [7, 11) is 0. The molecule has 2 aromatic carbocycles. The maximum atomic E-state index is 13.4. The van der Waals surface area contributed by atoms with E-state index in [0.717, 1.165) is 18.2 Å². The molecule has 0 amide bonds. The van der Waals surface area contributed by atoms with Gasteiger partial charge in [0.2, 0.25) is 5.75 Å². The Bertz CT molecular complexity index is 1550. The number of rotatable bonds is 7. The highest BCUT2D eigenvalue weighted by Gasteiger charge is 2.44. The average Bonchev–Trinajstić information content (AvgIpc) is 2.91. The molecule has 5 rings (SSSR count). The van der Waals surface area contributed by atoms with E-state index in [0.29, 0.717) is 62.7 Å². The number of carboxylic acids is 1. The van der Waals surface area contributed by atoms with Gasteiger partial charge in [0.1, 0.15) is 6.54 Å². The van der Waals surface area contributed by atoms with Crippen molar-refractivity contribution < 1.29 is 34.1 Å². The molecular weight excluding hydrogens is 670 g/mol. The van der Waals surface area contributed by atoms with Crippen LogP contribution < -0.4 is 4.74 Å². The zero-order chi connectivity index (χ0) is 29.6. The molecule has 12 nitrogen and oxygen atoms in total. The lowest BCUT2D eigenvalue weighted by molar-refractivity contribution is -0.394. The number of benzene rings is 2. The van der Waals surface area contributed by atoms with Crippen molar-refractivity contribution in [2.24, 2.45) is 0 Å². The van der Waals surface area contributed by atoms with Crippen LogP contribution in [0.4, 0.5) is 11.4 Å². The summed E-state index contributed by atoms with van der Waals surface area (Å²) in [5, 5.41) is 32.3. The summed E-state index contributed by atoms with van der Waals surface area (Å²) >= 11 is 6.90. The number of allylic oxidation sites excluding steroid dienone is 4. The molecule has 0 spiro atoms. The van der Waals surface area contributed by atoms with Crippen LogP contribution >= 0.6 is 31.9 Å². The smallest absolute Gasteiger partial charge is 0.323 e. The fourth-order valence-corrected chi connectivity index (χ4v) is 7.06. The first-order chi connectivity index (χ1) is 19.5. The van der Waals surface area contributed by atoms with Gasteiger partial charge >= 0.3 is 11.7 Å². The van der Waals surface area contributed by atoms with Crippen molar-refractivity contribution >= 4 is 60.8 Å². The minimum Gasteiger partial charge on any atom is -0.480 e. The first-order valence-corrected chi connectivity index (χ1v) is 14.2. The van der Waals surface area contributed by atoms with Gasteiger partial charge in [0.05, 0.1) is 24.9 Å². The molecule has 1 N–H and O–H groups in total. The normalized spacial score (nSPS) is 17.4. The minimum absolute atomic E-state index is 0.141. The molecule has 0 aromatic heterocycles. The van der Waals surface area contributed by atoms with E-state index in [1.807, 2.05) is 0 Å². The van der Waals surface area contributed by atoms with E-state index in [1.165, 1.54) is 0 Å². The molecule has 0 saturated heterocycles. The Morgan fingerprint density at radius 2 is 1.49 bits per heavy atom. The van der Waals surface area contributed by atoms with Crippen molar-refractivity contribution in [2.75, 3.05) is 6.54 Å². The number of hydrogen-bond donors (Lipinski definition) is 1. The number of hydrogen-bond acceptors (Lipinski definition) is 9. The number of nitro groups is 2. The van der Waals surface area contributed by atoms with Crippen LogP contribution in [0, 0.1) is 20.2 Å². The van der Waals surface area contributed by atoms with Gasteiger partial charge in [-0.05, 0) is 81.3 Å². The summed E-state index contributed by atoms with van der Waals surface area (Å²) in [5.41, 5.74) is 1.57. The molecule has 14 heteroatoms. The summed E-state index contributed by atoms with van der Waals surface area (Å²) < 4.78 is 6.53. The van der Waals surface area contributed by atoms with Crippen molar-refractivity contribution in [3.05, 3.63) is 87.6 Å². The molecule has 3 aliphatic rings. The summed E-state index contributed by atoms with van der Waals surface area (Å²) in [4.78, 5) is 61.3. The number of aliphatic carboxylic acids is 1. The number of carboxylic acid groups (broad SMARTS) is 1. The topological polar surface area (TPSA) is 170 Å². The Morgan fingerprint density at radius 3 is 1.98 bits per heavy atom. The zero-order valence-corrected chi connectivity index (χ0v) is 24.4. The fourth-order valence-electron chi connectivity index (χ4n) is 5.68. The van der Waals surface area contributed by atoms with Crippen LogP contribution in [-0.2, 0) is 14.4 Å². The summed E-state index contributed by atoms with van der Waals surface area (Å²) in [6.45, 7) is -0.348. The average molecular weight is 691 g/mol. The predicted molar refractivity (Wildman–Crippen MR) is 151 cm³/mol. The number of nitrogens with zero attached hydrogens (tertiary/aromatic N) is 3. The maximum Gasteiger partial charge on any atom is 0.323 e. The molecule has 1 heterocycles. The number of carbonyl (C=O) groups is 3. The number of Topliss-reactive ketones (excluding diaryl/α,β-unsaturated/α-hetero) is 2. The van der Waals surface area contributed by atoms with Crippen molar-refractivity contribution in [3.8, 4) is 11.5 Å². The molecule has 1 aliphatic heterocycles. The monoisotopic (exact) mass is 689 g/mol. The van der Waals surface area contributed by atoms with Crippen LogP contribution in [0.2, 0.25) is 0 Å². The minimum atomic E-state index is -1.06. The zero-order valence-electron chi connectivity index (χ0n) is 21.2. The Morgan fingerprint density at radius 1 is 0.927 bits per heavy atom. The first kappa shape index (κ1) is 28.6. The summed E-state index contributed by atoms with van der Waals surface area (Å²) in [6, 6.07) is 6.36. The van der Waals surface area contributed by atoms with E-state index in [9.17, 15) is 39.7 Å². The van der Waals surface area contributed by atoms with Gasteiger partial charge in [-0.2, -0.15) is 0 Å². The molecular formula is C27H21Br2N3O9. The first-order valence-electron chi connectivity index (χ1n) is 12.6. The Hall–Kier alpha value is -3.91. The van der Waals surface area contributed by atoms with Gasteiger partial charge in [-0.1, -0.05) is 0 Å². The number of non-ortho nitro benzene ring substituents is 1. The molecule has 0 unspecified atom stereocenters. The van der Waals surface area contributed by atoms with Gasteiger partial charge < -0.3 is 14.7 Å². The van der Waals surface area contributed by atoms with Crippen molar-refractivity contribution in [1.29, 1.82) is 0 Å². The van der Waals surface area contributed by atoms with Crippen molar-refractivity contribution in [3.63, 3.8) is 0 Å². The molecule has 0 bridgehead atoms. The molecule has 212 valence electrons. The summed E-state index contributed by atoms with van der Waals surface area (Å²) in [5.74, 6) is -2.16. The Kier molecular flexibility index (Phi) is 7.79. The van der Waals surface area contributed by atoms with Crippen LogP contribution in [0.15, 0.2) is 61.8 Å². The van der Waals surface area contributed by atoms with Gasteiger partial charge in [0.25, 0.3) is 5.69 Å². The highest BCUT2D eigenvalue weighted by atomic mass is 79.9. The second-order valence-corrected chi connectivity index (χ2v) is 11.5. The molecule has 0 fully saturated rings. The number of ketones is 2. The molecule has 2 aliphatic carbocycles. The van der Waals surface area contributed by atoms with Gasteiger partial charge in [-0.3, -0.25) is 34.6 Å². The maximum absolute atomic E-state index is 13.4. The van der Waals surface area contributed by atoms with Crippen LogP contribution in [0.25, 0.3) is 0 Å². The van der Waals surface area contributed by atoms with Gasteiger partial charge in [0, 0.05) is 47.4 Å². The standard InChI is InChI=1S/C27H21Br2N3O9/c28-15-9-13(10-16(29)27(15)41-22-8-7-14(31(37)38)11-19(22)32(39)40)24-25-17(3-1-5-20(25)33)30(12-23(35)36)18-4-2-6-21(34)26(18)24/h7-11,24H,1-6,12H2,(H,35,36). The number of ether oxygens (including phenoxy) is 1. The highest BCUT2D eigenvalue weighted by molar-refractivity contribution is 9.11. The lowest BCUT2D eigenvalue weighted by atomic mass is 9.71. The van der Waals surface area contributed by atoms with Crippen LogP contribution in [-0.4, -0.2) is 43.9 Å². The SMILES string of the molecule is O=C(O)CN1C2=C(C(=O)CCC2)C(c2cc(Br)c(Oc3ccc([N+](=O)[O-])cc3[N+](=O)[O-])c(Br)c2)C2=C1CCCC2=O. The lowest BCUT2D eigenvalue weighted by Crippen LogP contribution is -2.41. The number of nitro benzene ring substituents is 2. The number of halogens is 2. The number of carbonyl (C=O) groups excluding carboxylic acids is 2. The van der Waals surface area contributed by atoms with Gasteiger partial charge in [-0.15, -0.1) is 0 Å². The predicted octanol–water partition coefficient (Wildman–Crippen LogP) is 6.32. The summed E-state index contributed by atoms with van der Waals surface area (Å²) in [6.07, 6.45) is 2.71. The highest BCUT2D eigenvalue weighted by Crippen LogP contribution is 2.51.